The van der Waals surface area contributed by atoms with Crippen LogP contribution in [-0.2, 0) is 82.2 Å². The molecule has 0 radical (unpaired) electrons. The van der Waals surface area contributed by atoms with Crippen LogP contribution in [0.4, 0.5) is 4.79 Å². The topological polar surface area (TPSA) is 224 Å². The van der Waals surface area contributed by atoms with Gasteiger partial charge in [-0.15, -0.1) is 0 Å². The van der Waals surface area contributed by atoms with E-state index in [-0.39, 0.29) is 18.8 Å². The minimum absolute atomic E-state index is 0.172. The molecule has 0 spiro atoms. The SMILES string of the molecule is CCCCCCCCCCCCc1ccc(OC(CCOCCCCOCCCCOCCCCOCCCCOCCCCOCCCCOCCCCOCCCCOCCCCOCCCCOCCCCOCCCCOCCCCOCCCC)COC(CC)COC(=O)NCCNCCN)cc1. The predicted octanol–water partition coefficient (Wildman–Crippen LogP) is 17.5. The average molecular weight is 1550 g/mol. The van der Waals surface area contributed by atoms with Gasteiger partial charge in [-0.1, -0.05) is 97.1 Å². The first-order valence-electron chi connectivity index (χ1n) is 44.4. The summed E-state index contributed by atoms with van der Waals surface area (Å²) < 4.78 is 99.6. The van der Waals surface area contributed by atoms with E-state index in [1.807, 2.05) is 6.92 Å². The maximum Gasteiger partial charge on any atom is 0.407 e. The molecule has 0 saturated carbocycles. The third-order valence-corrected chi connectivity index (χ3v) is 18.3. The molecule has 0 aromatic heterocycles. The first-order chi connectivity index (χ1) is 53.6. The quantitative estimate of drug-likeness (QED) is 0.0516. The molecule has 640 valence electrons. The number of nitrogens with one attached hydrogen (secondary N) is 2. The van der Waals surface area contributed by atoms with E-state index >= 15 is 0 Å². The van der Waals surface area contributed by atoms with E-state index in [1.165, 1.54) is 76.2 Å². The van der Waals surface area contributed by atoms with Crippen molar-refractivity contribution in [1.82, 2.24) is 10.6 Å². The highest BCUT2D eigenvalue weighted by atomic mass is 16.6. The summed E-state index contributed by atoms with van der Waals surface area (Å²) in [5, 5.41) is 5.92. The van der Waals surface area contributed by atoms with Crippen molar-refractivity contribution in [2.75, 3.05) is 224 Å². The van der Waals surface area contributed by atoms with E-state index < -0.39 is 6.09 Å². The zero-order chi connectivity index (χ0) is 77.2. The molecule has 2 unspecified atom stereocenters. The van der Waals surface area contributed by atoms with Gasteiger partial charge in [-0.05, 0) is 210 Å². The number of unbranched alkanes of at least 4 members (excludes halogenated alkanes) is 23. The van der Waals surface area contributed by atoms with E-state index in [9.17, 15) is 4.79 Å². The standard InChI is InChI=1S/C87H169N3O18/c1-4-7-9-10-11-12-13-14-15-16-43-83-44-46-85(47-45-83)108-86(82-106-84(6-3)81-107-87(91)90-52-51-89-50-49-88)48-80-105-79-42-41-78-104-77-40-39-76-103-75-38-37-74-102-73-36-35-72-101-71-34-33-70-100-69-32-31-68-99-67-30-29-66-98-65-28-27-64-97-63-26-25-62-96-61-24-23-60-95-59-22-21-58-94-57-20-19-56-93-55-18-17-54-92-53-8-5-2/h44-47,84,86,89H,4-43,48-82,88H2,1-3H3,(H,90,91). The van der Waals surface area contributed by atoms with Crippen LogP contribution in [0, 0.1) is 0 Å². The second-order valence-corrected chi connectivity index (χ2v) is 28.7. The van der Waals surface area contributed by atoms with Crippen LogP contribution in [0.25, 0.3) is 0 Å². The Labute approximate surface area is 661 Å². The molecule has 21 nitrogen and oxygen atoms in total. The second-order valence-electron chi connectivity index (χ2n) is 28.7. The number of carbonyl (C=O) groups excluding carboxylic acids is 1. The molecule has 0 aliphatic heterocycles. The fourth-order valence-corrected chi connectivity index (χ4v) is 11.3. The molecule has 108 heavy (non-hydrogen) atoms. The van der Waals surface area contributed by atoms with Gasteiger partial charge in [-0.2, -0.15) is 0 Å². The normalized spacial score (nSPS) is 12.3. The van der Waals surface area contributed by atoms with Gasteiger partial charge >= 0.3 is 6.09 Å². The molecular weight excluding hydrogens is 1370 g/mol. The van der Waals surface area contributed by atoms with Crippen molar-refractivity contribution in [3.05, 3.63) is 29.8 Å². The van der Waals surface area contributed by atoms with Crippen molar-refractivity contribution in [2.24, 2.45) is 5.73 Å². The summed E-state index contributed by atoms with van der Waals surface area (Å²) in [5.41, 5.74) is 6.87. The lowest BCUT2D eigenvalue weighted by Crippen LogP contribution is -2.36. The van der Waals surface area contributed by atoms with Gasteiger partial charge in [-0.25, -0.2) is 4.79 Å². The Morgan fingerprint density at radius 3 is 0.870 bits per heavy atom. The van der Waals surface area contributed by atoms with Crippen molar-refractivity contribution in [1.29, 1.82) is 0 Å². The van der Waals surface area contributed by atoms with Crippen LogP contribution in [0.15, 0.2) is 24.3 Å². The molecule has 0 saturated heterocycles. The van der Waals surface area contributed by atoms with Crippen LogP contribution in [-0.4, -0.2) is 243 Å². The van der Waals surface area contributed by atoms with Crippen LogP contribution in [0.5, 0.6) is 5.75 Å². The fourth-order valence-electron chi connectivity index (χ4n) is 11.3. The Kier molecular flexibility index (Phi) is 88.1. The Hall–Kier alpha value is -2.39. The Balaban J connectivity index is 1.82. The van der Waals surface area contributed by atoms with Crippen LogP contribution in [0.1, 0.15) is 283 Å². The molecule has 1 amide bonds. The first-order valence-corrected chi connectivity index (χ1v) is 44.4. The highest BCUT2D eigenvalue weighted by molar-refractivity contribution is 5.67. The second kappa shape index (κ2) is 91.8. The highest BCUT2D eigenvalue weighted by Crippen LogP contribution is 2.19. The molecule has 1 aromatic rings. The van der Waals surface area contributed by atoms with Gasteiger partial charge in [0.2, 0.25) is 0 Å². The minimum Gasteiger partial charge on any atom is -0.488 e. The average Bonchev–Trinajstić information content (AvgIpc) is 0.894. The molecule has 2 atom stereocenters. The van der Waals surface area contributed by atoms with Gasteiger partial charge in [0.1, 0.15) is 18.5 Å². The number of hydrogen-bond acceptors (Lipinski definition) is 20. The van der Waals surface area contributed by atoms with E-state index in [4.69, 9.17) is 86.3 Å². The van der Waals surface area contributed by atoms with E-state index in [1.54, 1.807) is 0 Å². The van der Waals surface area contributed by atoms with Crippen LogP contribution in [0.2, 0.25) is 0 Å². The lowest BCUT2D eigenvalue weighted by molar-refractivity contribution is -0.0370. The van der Waals surface area contributed by atoms with Gasteiger partial charge in [0.15, 0.2) is 0 Å². The van der Waals surface area contributed by atoms with Crippen LogP contribution < -0.4 is 21.1 Å². The highest BCUT2D eigenvalue weighted by Gasteiger charge is 2.18. The number of aryl methyl sites for hydroxylation is 1. The van der Waals surface area contributed by atoms with Crippen LogP contribution in [0.3, 0.4) is 0 Å². The minimum atomic E-state index is -0.453. The number of benzene rings is 1. The summed E-state index contributed by atoms with van der Waals surface area (Å²) in [4.78, 5) is 12.3. The fraction of sp³-hybridized carbons (Fsp3) is 0.920. The van der Waals surface area contributed by atoms with E-state index in [0.717, 1.165) is 357 Å². The molecule has 4 N–H and O–H groups in total. The van der Waals surface area contributed by atoms with Crippen molar-refractivity contribution in [3.8, 4) is 5.75 Å². The van der Waals surface area contributed by atoms with Gasteiger partial charge in [0.05, 0.1) is 19.3 Å². The Morgan fingerprint density at radius 1 is 0.306 bits per heavy atom. The van der Waals surface area contributed by atoms with Crippen molar-refractivity contribution >= 4 is 6.09 Å². The lowest BCUT2D eigenvalue weighted by Gasteiger charge is -2.23. The molecule has 1 rings (SSSR count). The number of rotatable bonds is 95. The summed E-state index contributed by atoms with van der Waals surface area (Å²) in [6.07, 6.45) is 44.1. The van der Waals surface area contributed by atoms with E-state index in [2.05, 4.69) is 48.7 Å². The number of carbonyl (C=O) groups is 1. The van der Waals surface area contributed by atoms with Gasteiger partial charge in [0, 0.05) is 211 Å². The first kappa shape index (κ1) is 104. The number of ether oxygens (including phenoxy) is 17. The Bertz CT molecular complexity index is 1840. The summed E-state index contributed by atoms with van der Waals surface area (Å²) in [5.74, 6) is 0.826. The smallest absolute Gasteiger partial charge is 0.407 e. The molecule has 0 aliphatic rings. The summed E-state index contributed by atoms with van der Waals surface area (Å²) in [7, 11) is 0. The van der Waals surface area contributed by atoms with Crippen molar-refractivity contribution in [3.63, 3.8) is 0 Å². The molecule has 0 aliphatic carbocycles. The van der Waals surface area contributed by atoms with Gasteiger partial charge in [0.25, 0.3) is 0 Å². The third kappa shape index (κ3) is 83.0. The lowest BCUT2D eigenvalue weighted by atomic mass is 10.0. The maximum absolute atomic E-state index is 12.3. The zero-order valence-corrected chi connectivity index (χ0v) is 69.9. The Morgan fingerprint density at radius 2 is 0.583 bits per heavy atom. The number of amides is 1. The molecule has 0 bridgehead atoms. The predicted molar refractivity (Wildman–Crippen MR) is 439 cm³/mol. The van der Waals surface area contributed by atoms with Crippen molar-refractivity contribution in [2.45, 2.75) is 296 Å². The van der Waals surface area contributed by atoms with Gasteiger partial charge in [-0.3, -0.25) is 0 Å². The molecule has 0 heterocycles. The van der Waals surface area contributed by atoms with E-state index in [0.29, 0.717) is 58.8 Å². The van der Waals surface area contributed by atoms with Crippen LogP contribution >= 0.6 is 0 Å². The molecule has 21 heteroatoms. The molecule has 0 fully saturated rings. The zero-order valence-electron chi connectivity index (χ0n) is 69.9. The number of nitrogens with two attached hydrogens (primary N) is 1. The number of hydrogen-bond donors (Lipinski definition) is 3. The van der Waals surface area contributed by atoms with Gasteiger partial charge < -0.3 is 96.9 Å². The summed E-state index contributed by atoms with van der Waals surface area (Å²) >= 11 is 0. The summed E-state index contributed by atoms with van der Waals surface area (Å²) in [6, 6.07) is 8.54. The largest absolute Gasteiger partial charge is 0.488 e. The van der Waals surface area contributed by atoms with Crippen molar-refractivity contribution < 1.29 is 85.3 Å². The number of alkyl carbamates (subject to hydrolysis) is 1. The molecule has 1 aromatic carbocycles. The monoisotopic (exact) mass is 1540 g/mol. The molecular formula is C87H169N3O18. The maximum atomic E-state index is 12.3. The third-order valence-electron chi connectivity index (χ3n) is 18.3. The summed E-state index contributed by atoms with van der Waals surface area (Å²) in [6.45, 7) is 31.4.